The van der Waals surface area contributed by atoms with Gasteiger partial charge in [0.05, 0.1) is 4.88 Å². The molecule has 4 rings (SSSR count). The topological polar surface area (TPSA) is 75.6 Å². The van der Waals surface area contributed by atoms with Crippen molar-refractivity contribution >= 4 is 40.3 Å². The highest BCUT2D eigenvalue weighted by Gasteiger charge is 2.35. The molecule has 0 bridgehead atoms. The summed E-state index contributed by atoms with van der Waals surface area (Å²) in [7, 11) is 0. The molecule has 0 unspecified atom stereocenters. The van der Waals surface area contributed by atoms with Crippen molar-refractivity contribution in [2.24, 2.45) is 15.7 Å². The van der Waals surface area contributed by atoms with E-state index >= 15 is 0 Å². The van der Waals surface area contributed by atoms with Gasteiger partial charge in [0.25, 0.3) is 5.91 Å². The van der Waals surface area contributed by atoms with E-state index in [4.69, 9.17) is 15.7 Å². The second kappa shape index (κ2) is 6.85. The summed E-state index contributed by atoms with van der Waals surface area (Å²) in [6.07, 6.45) is 5.49. The third kappa shape index (κ3) is 3.29. The predicted octanol–water partition coefficient (Wildman–Crippen LogP) is 2.14. The summed E-state index contributed by atoms with van der Waals surface area (Å²) in [6.45, 7) is 4.22. The van der Waals surface area contributed by atoms with Crippen molar-refractivity contribution in [1.82, 2.24) is 0 Å². The number of thiophene rings is 1. The Balaban J connectivity index is 1.88. The van der Waals surface area contributed by atoms with Gasteiger partial charge in [-0.15, -0.1) is 11.3 Å². The molecule has 6 nitrogen and oxygen atoms in total. The Hall–Kier alpha value is -3.19. The van der Waals surface area contributed by atoms with E-state index in [1.165, 1.54) is 0 Å². The molecule has 134 valence electrons. The summed E-state index contributed by atoms with van der Waals surface area (Å²) in [5.41, 5.74) is 9.31. The second-order valence-electron chi connectivity index (χ2n) is 6.41. The van der Waals surface area contributed by atoms with Gasteiger partial charge in [-0.1, -0.05) is 34.3 Å². The fraction of sp³-hybridized carbons (Fsp3) is 0.150. The largest absolute Gasteiger partial charge is 0.364 e. The summed E-state index contributed by atoms with van der Waals surface area (Å²) in [5, 5.41) is 2.02. The number of primary amides is 1. The van der Waals surface area contributed by atoms with E-state index < -0.39 is 5.91 Å². The summed E-state index contributed by atoms with van der Waals surface area (Å²) in [4.78, 5) is 22.0. The number of hydrogen-bond acceptors (Lipinski definition) is 4. The normalized spacial score (nSPS) is 14.3. The first-order chi connectivity index (χ1) is 13.0. The van der Waals surface area contributed by atoms with Gasteiger partial charge in [0.2, 0.25) is 24.7 Å². The number of hydrogen-bond donors (Lipinski definition) is 1. The first kappa shape index (κ1) is 17.2. The molecule has 0 atom stereocenters. The molecule has 0 radical (unpaired) electrons. The third-order valence-corrected chi connectivity index (χ3v) is 5.23. The molecule has 1 aliphatic rings. The van der Waals surface area contributed by atoms with Crippen LogP contribution in [0.15, 0.2) is 64.3 Å². The zero-order valence-corrected chi connectivity index (χ0v) is 15.9. The van der Waals surface area contributed by atoms with Gasteiger partial charge in [-0.25, -0.2) is 0 Å². The summed E-state index contributed by atoms with van der Waals surface area (Å²) in [5.74, 6) is 1.10. The van der Waals surface area contributed by atoms with Crippen LogP contribution in [0.4, 0.5) is 11.5 Å². The standard InChI is InChI=1S/C20H18N5OS/c1-13-5-3-6-14(2)18(13)23-20-19(15-7-4-10-27-15)22-17-12-24(11-16(21)26)8-9-25(17)20/h3-10,12H,11H2,1-2H3,(H-,21,26)/q+1/p+1. The van der Waals surface area contributed by atoms with Crippen LogP contribution in [-0.2, 0) is 11.3 Å². The molecule has 0 saturated heterocycles. The SMILES string of the molecule is Cc1cccc(C)c1N=C1C(c2cccs2)=Nc2c[n+](CC(N)=O)cc[n+]21. The highest BCUT2D eigenvalue weighted by Crippen LogP contribution is 2.26. The Bertz CT molecular complexity index is 1080. The highest BCUT2D eigenvalue weighted by atomic mass is 32.1. The third-order valence-electron chi connectivity index (χ3n) is 4.35. The maximum Gasteiger partial charge on any atom is 0.333 e. The molecule has 0 spiro atoms. The molecule has 27 heavy (non-hydrogen) atoms. The van der Waals surface area contributed by atoms with Crippen LogP contribution in [0.3, 0.4) is 0 Å². The minimum atomic E-state index is -0.394. The molecule has 0 aliphatic carbocycles. The van der Waals surface area contributed by atoms with Gasteiger partial charge in [0.15, 0.2) is 0 Å². The van der Waals surface area contributed by atoms with Crippen molar-refractivity contribution < 1.29 is 13.9 Å². The number of amides is 1. The molecule has 1 amide bonds. The smallest absolute Gasteiger partial charge is 0.333 e. The van der Waals surface area contributed by atoms with Crippen molar-refractivity contribution in [3.63, 3.8) is 0 Å². The van der Waals surface area contributed by atoms with Crippen molar-refractivity contribution in [2.45, 2.75) is 20.4 Å². The molecule has 0 fully saturated rings. The Morgan fingerprint density at radius 3 is 2.63 bits per heavy atom. The van der Waals surface area contributed by atoms with Gasteiger partial charge in [0.1, 0.15) is 11.9 Å². The number of nitrogens with two attached hydrogens (primary N) is 1. The summed E-state index contributed by atoms with van der Waals surface area (Å²) in [6, 6.07) is 10.2. The number of carbonyl (C=O) groups excluding carboxylic acids is 1. The lowest BCUT2D eigenvalue weighted by Gasteiger charge is -2.02. The molecular weight excluding hydrogens is 358 g/mol. The fourth-order valence-electron chi connectivity index (χ4n) is 3.07. The number of aromatic nitrogens is 2. The van der Waals surface area contributed by atoms with E-state index in [9.17, 15) is 4.79 Å². The summed E-state index contributed by atoms with van der Waals surface area (Å²) >= 11 is 1.62. The maximum atomic E-state index is 11.2. The van der Waals surface area contributed by atoms with Gasteiger partial charge in [0, 0.05) is 0 Å². The minimum Gasteiger partial charge on any atom is -0.364 e. The lowest BCUT2D eigenvalue weighted by molar-refractivity contribution is -0.701. The number of aliphatic imine (C=N–C) groups is 2. The predicted molar refractivity (Wildman–Crippen MR) is 105 cm³/mol. The summed E-state index contributed by atoms with van der Waals surface area (Å²) < 4.78 is 3.67. The molecule has 1 aromatic carbocycles. The molecule has 3 aromatic rings. The van der Waals surface area contributed by atoms with Crippen LogP contribution in [0.25, 0.3) is 0 Å². The first-order valence-corrected chi connectivity index (χ1v) is 9.42. The maximum absolute atomic E-state index is 11.2. The average molecular weight is 377 g/mol. The first-order valence-electron chi connectivity index (χ1n) is 8.54. The van der Waals surface area contributed by atoms with Gasteiger partial charge in [-0.05, 0) is 36.4 Å². The van der Waals surface area contributed by atoms with Gasteiger partial charge < -0.3 is 5.73 Å². The Kier molecular flexibility index (Phi) is 4.37. The van der Waals surface area contributed by atoms with Gasteiger partial charge in [-0.3, -0.25) is 4.79 Å². The van der Waals surface area contributed by atoms with Crippen LogP contribution in [0.5, 0.6) is 0 Å². The number of rotatable bonds is 4. The van der Waals surface area contributed by atoms with Crippen LogP contribution >= 0.6 is 11.3 Å². The van der Waals surface area contributed by atoms with E-state index in [1.54, 1.807) is 22.1 Å². The van der Waals surface area contributed by atoms with Crippen molar-refractivity contribution in [3.05, 3.63) is 70.3 Å². The lowest BCUT2D eigenvalue weighted by atomic mass is 10.1. The Labute approximate surface area is 161 Å². The molecule has 3 heterocycles. The fourth-order valence-corrected chi connectivity index (χ4v) is 3.78. The number of nitrogens with zero attached hydrogens (tertiary/aromatic N) is 4. The van der Waals surface area contributed by atoms with Gasteiger partial charge >= 0.3 is 11.7 Å². The van der Waals surface area contributed by atoms with Crippen molar-refractivity contribution in [1.29, 1.82) is 0 Å². The Morgan fingerprint density at radius 1 is 1.19 bits per heavy atom. The number of aryl methyl sites for hydroxylation is 2. The van der Waals surface area contributed by atoms with Crippen LogP contribution in [0.1, 0.15) is 16.0 Å². The van der Waals surface area contributed by atoms with Crippen LogP contribution < -0.4 is 14.9 Å². The lowest BCUT2D eigenvalue weighted by Crippen LogP contribution is -2.48. The molecule has 0 saturated carbocycles. The molecule has 2 aromatic heterocycles. The number of para-hydroxylation sites is 1. The van der Waals surface area contributed by atoms with Gasteiger partial charge in [-0.2, -0.15) is 9.13 Å². The molecule has 2 N–H and O–H groups in total. The monoisotopic (exact) mass is 377 g/mol. The minimum absolute atomic E-state index is 0.112. The average Bonchev–Trinajstić information content (AvgIpc) is 3.25. The van der Waals surface area contributed by atoms with E-state index in [0.717, 1.165) is 33.2 Å². The Morgan fingerprint density at radius 2 is 1.96 bits per heavy atom. The molecular formula is C20H19N5OS+2. The van der Waals surface area contributed by atoms with E-state index in [2.05, 4.69) is 26.0 Å². The molecule has 7 heteroatoms. The van der Waals surface area contributed by atoms with E-state index in [0.29, 0.717) is 5.82 Å². The zero-order chi connectivity index (χ0) is 19.0. The quantitative estimate of drug-likeness (QED) is 0.695. The van der Waals surface area contributed by atoms with Crippen molar-refractivity contribution in [3.8, 4) is 0 Å². The van der Waals surface area contributed by atoms with Crippen molar-refractivity contribution in [2.75, 3.05) is 0 Å². The van der Waals surface area contributed by atoms with Crippen LogP contribution in [0.2, 0.25) is 0 Å². The van der Waals surface area contributed by atoms with E-state index in [-0.39, 0.29) is 6.54 Å². The van der Waals surface area contributed by atoms with Crippen LogP contribution in [0, 0.1) is 13.8 Å². The van der Waals surface area contributed by atoms with E-state index in [1.807, 2.05) is 40.5 Å². The second-order valence-corrected chi connectivity index (χ2v) is 7.36. The molecule has 1 aliphatic heterocycles. The highest BCUT2D eigenvalue weighted by molar-refractivity contribution is 7.13. The number of carbonyl (C=O) groups is 1. The van der Waals surface area contributed by atoms with Crippen LogP contribution in [-0.4, -0.2) is 17.5 Å². The zero-order valence-electron chi connectivity index (χ0n) is 15.1. The number of fused-ring (bicyclic) bond motifs is 1. The number of benzene rings is 1.